The van der Waals surface area contributed by atoms with E-state index in [-0.39, 0.29) is 71.5 Å². The molecular weight excluding hydrogens is 1350 g/mol. The molecule has 8 aliphatic rings. The summed E-state index contributed by atoms with van der Waals surface area (Å²) in [6.45, 7) is 0. The number of hydrogen-bond acceptors (Lipinski definition) is 12. The molecule has 12 aromatic rings. The van der Waals surface area contributed by atoms with E-state index in [2.05, 4.69) is 132 Å². The fourth-order valence-corrected chi connectivity index (χ4v) is 19.0. The Bertz CT molecular complexity index is 4830. The lowest BCUT2D eigenvalue weighted by Gasteiger charge is -2.35. The number of imidazole rings is 4. The molecular formula is C88H84N12O8. The summed E-state index contributed by atoms with van der Waals surface area (Å²) in [5.41, 5.74) is 24.9. The van der Waals surface area contributed by atoms with Gasteiger partial charge in [-0.2, -0.15) is 0 Å². The fourth-order valence-electron chi connectivity index (χ4n) is 19.0. The SMILES string of the molecule is CNC(=O)c1ccc2c(c1)CCC(C1c3ccccc3-c3cncn31)[C@@H]2O.CNC(=O)c1ccc2c(c1)CCC(C1c3ccccc3-c3cncn31)[C@@H]2O.CNC(=O)c1ccc2c(c1)CCC(C1c3ccccc3-c3cncn31)[C@@H]2O.CNC(=O)c1ccc2c(c1)CC[C@H](C1c3ccccc3-c3cncn31)[C@@H]2O. The summed E-state index contributed by atoms with van der Waals surface area (Å²) in [4.78, 5) is 65.0. The quantitative estimate of drug-likeness (QED) is 0.0706. The van der Waals surface area contributed by atoms with Gasteiger partial charge in [-0.1, -0.05) is 121 Å². The van der Waals surface area contributed by atoms with Crippen molar-refractivity contribution in [1.29, 1.82) is 0 Å². The van der Waals surface area contributed by atoms with Crippen LogP contribution in [0.4, 0.5) is 0 Å². The van der Waals surface area contributed by atoms with E-state index in [1.54, 1.807) is 52.5 Å². The average molecular weight is 1440 g/mol. The van der Waals surface area contributed by atoms with Gasteiger partial charge in [-0.25, -0.2) is 19.9 Å². The summed E-state index contributed by atoms with van der Waals surface area (Å²) >= 11 is 0. The molecule has 0 saturated carbocycles. The van der Waals surface area contributed by atoms with E-state index in [1.165, 1.54) is 44.5 Å². The summed E-state index contributed by atoms with van der Waals surface area (Å²) in [6.07, 6.45) is 19.7. The van der Waals surface area contributed by atoms with Crippen LogP contribution >= 0.6 is 0 Å². The number of nitrogens with one attached hydrogen (secondary N) is 4. The zero-order valence-corrected chi connectivity index (χ0v) is 60.4. The van der Waals surface area contributed by atoms with Crippen molar-refractivity contribution >= 4 is 23.6 Å². The van der Waals surface area contributed by atoms with E-state index < -0.39 is 24.4 Å². The molecule has 544 valence electrons. The van der Waals surface area contributed by atoms with Crippen molar-refractivity contribution in [2.24, 2.45) is 23.7 Å². The van der Waals surface area contributed by atoms with Gasteiger partial charge in [0.2, 0.25) is 0 Å². The predicted octanol–water partition coefficient (Wildman–Crippen LogP) is 12.4. The van der Waals surface area contributed by atoms with Gasteiger partial charge in [0.25, 0.3) is 23.6 Å². The lowest BCUT2D eigenvalue weighted by atomic mass is 9.75. The molecule has 20 rings (SSSR count). The summed E-state index contributed by atoms with van der Waals surface area (Å²) < 4.78 is 8.79. The summed E-state index contributed by atoms with van der Waals surface area (Å²) in [7, 11) is 6.53. The summed E-state index contributed by atoms with van der Waals surface area (Å²) in [5, 5.41) is 55.5. The molecule has 108 heavy (non-hydrogen) atoms. The highest BCUT2D eigenvalue weighted by atomic mass is 16.3. The molecule has 8 N–H and O–H groups in total. The number of aromatic nitrogens is 8. The number of amides is 4. The molecule has 4 aromatic heterocycles. The standard InChI is InChI=1S/4C22H21N3O2/c4*1-23-22(27)14-7-8-15-13(10-14)6-9-18(21(15)26)20-17-5-3-2-4-16(17)19-11-24-12-25(19)20/h4*2-5,7-8,10-12,18,20-21,26H,6,9H2,1H3,(H,23,27)/t3*18?,20?,21-;18-,20?,21-/m1111/s1. The Balaban J connectivity index is 0.000000105. The van der Waals surface area contributed by atoms with E-state index in [9.17, 15) is 39.6 Å². The summed E-state index contributed by atoms with van der Waals surface area (Å²) in [5.74, 6) is -0.103. The molecule has 20 nitrogen and oxygen atoms in total. The molecule has 8 aromatic carbocycles. The minimum atomic E-state index is -0.570. The van der Waals surface area contributed by atoms with Crippen LogP contribution in [-0.4, -0.2) is 110 Å². The number of aliphatic hydroxyl groups is 4. The number of hydrogen-bond donors (Lipinski definition) is 8. The molecule has 4 aliphatic carbocycles. The zero-order chi connectivity index (χ0) is 74.2. The van der Waals surface area contributed by atoms with Gasteiger partial charge in [-0.05, 0) is 167 Å². The molecule has 0 fully saturated rings. The maximum absolute atomic E-state index is 11.9. The first-order valence-corrected chi connectivity index (χ1v) is 37.3. The minimum Gasteiger partial charge on any atom is -0.388 e. The normalized spacial score (nSPS) is 22.7. The third kappa shape index (κ3) is 11.8. The number of carbonyl (C=O) groups is 4. The van der Waals surface area contributed by atoms with Crippen molar-refractivity contribution in [3.8, 4) is 45.0 Å². The molecule has 8 heterocycles. The summed E-state index contributed by atoms with van der Waals surface area (Å²) in [6, 6.07) is 56.4. The highest BCUT2D eigenvalue weighted by Crippen LogP contribution is 2.55. The molecule has 20 heteroatoms. The Morgan fingerprint density at radius 1 is 0.306 bits per heavy atom. The van der Waals surface area contributed by atoms with Gasteiger partial charge in [0, 0.05) is 96.4 Å². The van der Waals surface area contributed by atoms with Crippen LogP contribution in [0.5, 0.6) is 0 Å². The Kier molecular flexibility index (Phi) is 18.3. The van der Waals surface area contributed by atoms with Gasteiger partial charge in [0.1, 0.15) is 0 Å². The van der Waals surface area contributed by atoms with Gasteiger partial charge in [0.05, 0.1) is 121 Å². The topological polar surface area (TPSA) is 269 Å². The fraction of sp³-hybridized carbons (Fsp3) is 0.273. The first kappa shape index (κ1) is 69.4. The molecule has 12 atom stereocenters. The van der Waals surface area contributed by atoms with Crippen molar-refractivity contribution in [2.45, 2.75) is 99.9 Å². The van der Waals surface area contributed by atoms with E-state index in [4.69, 9.17) is 0 Å². The molecule has 0 bridgehead atoms. The van der Waals surface area contributed by atoms with E-state index in [0.717, 1.165) is 119 Å². The van der Waals surface area contributed by atoms with Crippen LogP contribution in [0, 0.1) is 23.7 Å². The van der Waals surface area contributed by atoms with E-state index in [1.807, 2.05) is 123 Å². The Morgan fingerprint density at radius 2 is 0.519 bits per heavy atom. The second kappa shape index (κ2) is 28.6. The van der Waals surface area contributed by atoms with Crippen LogP contribution in [0.25, 0.3) is 45.0 Å². The minimum absolute atomic E-state index is 0.0694. The maximum Gasteiger partial charge on any atom is 0.251 e. The van der Waals surface area contributed by atoms with Gasteiger partial charge >= 0.3 is 0 Å². The van der Waals surface area contributed by atoms with Gasteiger partial charge in [-0.3, -0.25) is 19.2 Å². The van der Waals surface area contributed by atoms with Crippen LogP contribution < -0.4 is 21.3 Å². The first-order chi connectivity index (χ1) is 52.7. The van der Waals surface area contributed by atoms with Crippen LogP contribution in [0.15, 0.2) is 220 Å². The van der Waals surface area contributed by atoms with E-state index in [0.29, 0.717) is 22.3 Å². The van der Waals surface area contributed by atoms with Crippen LogP contribution in [0.3, 0.4) is 0 Å². The van der Waals surface area contributed by atoms with Crippen molar-refractivity contribution in [3.63, 3.8) is 0 Å². The van der Waals surface area contributed by atoms with Crippen molar-refractivity contribution in [1.82, 2.24) is 59.5 Å². The van der Waals surface area contributed by atoms with Crippen molar-refractivity contribution in [2.75, 3.05) is 28.2 Å². The van der Waals surface area contributed by atoms with Crippen molar-refractivity contribution in [3.05, 3.63) is 309 Å². The number of carbonyl (C=O) groups excluding carboxylic acids is 4. The Morgan fingerprint density at radius 3 is 0.731 bits per heavy atom. The molecule has 4 aliphatic heterocycles. The second-order valence-electron chi connectivity index (χ2n) is 29.4. The van der Waals surface area contributed by atoms with Crippen LogP contribution in [-0.2, 0) is 25.7 Å². The van der Waals surface area contributed by atoms with Crippen LogP contribution in [0.2, 0.25) is 0 Å². The number of fused-ring (bicyclic) bond motifs is 16. The molecule has 0 radical (unpaired) electrons. The number of nitrogens with zero attached hydrogens (tertiary/aromatic N) is 8. The average Bonchev–Trinajstić information content (AvgIpc) is 1.68. The molecule has 7 unspecified atom stereocenters. The lowest BCUT2D eigenvalue weighted by molar-refractivity contribution is 0.0717. The van der Waals surface area contributed by atoms with Gasteiger partial charge in [0.15, 0.2) is 0 Å². The Hall–Kier alpha value is -11.7. The second-order valence-corrected chi connectivity index (χ2v) is 29.4. The monoisotopic (exact) mass is 1440 g/mol. The third-order valence-corrected chi connectivity index (χ3v) is 24.1. The zero-order valence-electron chi connectivity index (χ0n) is 60.4. The predicted molar refractivity (Wildman–Crippen MR) is 410 cm³/mol. The number of aryl methyl sites for hydroxylation is 4. The molecule has 4 amide bonds. The lowest BCUT2D eigenvalue weighted by Crippen LogP contribution is -2.29. The number of benzene rings is 8. The Labute approximate surface area is 625 Å². The third-order valence-electron chi connectivity index (χ3n) is 24.1. The van der Waals surface area contributed by atoms with Gasteiger partial charge in [-0.15, -0.1) is 0 Å². The maximum atomic E-state index is 11.9. The first-order valence-electron chi connectivity index (χ1n) is 37.3. The largest absolute Gasteiger partial charge is 0.388 e. The molecule has 0 saturated heterocycles. The highest BCUT2D eigenvalue weighted by molar-refractivity contribution is 5.96. The van der Waals surface area contributed by atoms with Crippen molar-refractivity contribution < 1.29 is 39.6 Å². The van der Waals surface area contributed by atoms with E-state index >= 15 is 0 Å². The number of rotatable bonds is 8. The van der Waals surface area contributed by atoms with Crippen LogP contribution in [0.1, 0.15) is 182 Å². The van der Waals surface area contributed by atoms with Gasteiger partial charge < -0.3 is 60.0 Å². The number of aliphatic hydroxyl groups excluding tert-OH is 4. The highest BCUT2D eigenvalue weighted by Gasteiger charge is 2.45. The smallest absolute Gasteiger partial charge is 0.251 e. The molecule has 0 spiro atoms.